The molecule has 0 unspecified atom stereocenters. The van der Waals surface area contributed by atoms with E-state index in [2.05, 4.69) is 5.10 Å². The van der Waals surface area contributed by atoms with E-state index in [1.165, 1.54) is 37.1 Å². The highest BCUT2D eigenvalue weighted by atomic mass is 32.2. The molecule has 0 fully saturated rings. The normalized spacial score (nSPS) is 11.1. The van der Waals surface area contributed by atoms with Crippen LogP contribution in [-0.2, 0) is 19.3 Å². The molecule has 2 aromatic carbocycles. The first-order chi connectivity index (χ1) is 14.7. The molecule has 0 aliphatic carbocycles. The van der Waals surface area contributed by atoms with Crippen molar-refractivity contribution < 1.29 is 32.2 Å². The van der Waals surface area contributed by atoms with Gasteiger partial charge in [-0.25, -0.2) is 22.7 Å². The Morgan fingerprint density at radius 3 is 2.13 bits per heavy atom. The number of hydrogen-bond acceptors (Lipinski definition) is 8. The number of para-hydroxylation sites is 1. The zero-order valence-electron chi connectivity index (χ0n) is 17.3. The van der Waals surface area contributed by atoms with Crippen LogP contribution in [0.15, 0.2) is 53.4 Å². The molecule has 0 spiro atoms. The molecular weight excluding hydrogens is 424 g/mol. The van der Waals surface area contributed by atoms with E-state index in [1.54, 1.807) is 30.3 Å². The molecule has 0 aliphatic rings. The highest BCUT2D eigenvalue weighted by Crippen LogP contribution is 2.35. The van der Waals surface area contributed by atoms with Crippen LogP contribution in [0.4, 0.5) is 0 Å². The van der Waals surface area contributed by atoms with Crippen LogP contribution in [0.1, 0.15) is 20.8 Å². The number of hydrogen-bond donors (Lipinski definition) is 0. The summed E-state index contributed by atoms with van der Waals surface area (Å²) in [7, 11) is -0.0331. The molecule has 0 aliphatic heterocycles. The Bertz CT molecular complexity index is 1250. The molecular formula is C21H20N2O7S. The minimum Gasteiger partial charge on any atom is -0.497 e. The van der Waals surface area contributed by atoms with Crippen molar-refractivity contribution in [3.63, 3.8) is 0 Å². The van der Waals surface area contributed by atoms with Gasteiger partial charge < -0.3 is 14.2 Å². The van der Waals surface area contributed by atoms with Crippen molar-refractivity contribution in [1.82, 2.24) is 9.78 Å². The summed E-state index contributed by atoms with van der Waals surface area (Å²) in [4.78, 5) is 25.2. The van der Waals surface area contributed by atoms with Crippen molar-refractivity contribution in [3.8, 4) is 22.7 Å². The van der Waals surface area contributed by atoms with E-state index < -0.39 is 21.8 Å². The smallest absolute Gasteiger partial charge is 0.357 e. The van der Waals surface area contributed by atoms with Gasteiger partial charge in [0.15, 0.2) is 15.5 Å². The van der Waals surface area contributed by atoms with Gasteiger partial charge >= 0.3 is 11.9 Å². The van der Waals surface area contributed by atoms with Crippen molar-refractivity contribution in [2.24, 2.45) is 0 Å². The molecule has 3 rings (SSSR count). The molecule has 1 aromatic heterocycles. The van der Waals surface area contributed by atoms with E-state index >= 15 is 0 Å². The molecule has 0 atom stereocenters. The molecule has 0 N–H and O–H groups in total. The third-order valence-electron chi connectivity index (χ3n) is 4.50. The molecule has 31 heavy (non-hydrogen) atoms. The van der Waals surface area contributed by atoms with Crippen LogP contribution in [0.5, 0.6) is 5.75 Å². The highest BCUT2D eigenvalue weighted by molar-refractivity contribution is 7.90. The first-order valence-corrected chi connectivity index (χ1v) is 10.9. The summed E-state index contributed by atoms with van der Waals surface area (Å²) in [6.45, 7) is 0. The van der Waals surface area contributed by atoms with Crippen molar-refractivity contribution >= 4 is 21.8 Å². The van der Waals surface area contributed by atoms with Crippen molar-refractivity contribution in [1.29, 1.82) is 0 Å². The maximum Gasteiger partial charge on any atom is 0.357 e. The predicted octanol–water partition coefficient (Wildman–Crippen LogP) is 2.52. The number of carbonyl (C=O) groups is 2. The van der Waals surface area contributed by atoms with E-state index in [0.717, 1.165) is 13.4 Å². The first-order valence-electron chi connectivity index (χ1n) is 8.96. The van der Waals surface area contributed by atoms with Crippen LogP contribution in [-0.4, -0.2) is 57.7 Å². The lowest BCUT2D eigenvalue weighted by Crippen LogP contribution is -2.15. The largest absolute Gasteiger partial charge is 0.497 e. The summed E-state index contributed by atoms with van der Waals surface area (Å²) in [5, 5.41) is 4.43. The van der Waals surface area contributed by atoms with Gasteiger partial charge in [-0.05, 0) is 30.3 Å². The third-order valence-corrected chi connectivity index (χ3v) is 5.63. The summed E-state index contributed by atoms with van der Waals surface area (Å²) in [5.41, 5.74) is 0.135. The van der Waals surface area contributed by atoms with Gasteiger partial charge in [-0.2, -0.15) is 5.10 Å². The van der Waals surface area contributed by atoms with Gasteiger partial charge in [-0.1, -0.05) is 18.2 Å². The van der Waals surface area contributed by atoms with Crippen LogP contribution in [0.2, 0.25) is 0 Å². The molecule has 0 saturated carbocycles. The maximum absolute atomic E-state index is 12.7. The molecule has 9 nitrogen and oxygen atoms in total. The van der Waals surface area contributed by atoms with Crippen molar-refractivity contribution in [2.45, 2.75) is 4.90 Å². The number of ether oxygens (including phenoxy) is 3. The average Bonchev–Trinajstić information content (AvgIpc) is 3.18. The lowest BCUT2D eigenvalue weighted by atomic mass is 10.1. The van der Waals surface area contributed by atoms with Crippen molar-refractivity contribution in [2.75, 3.05) is 27.6 Å². The Hall–Kier alpha value is -3.66. The second kappa shape index (κ2) is 8.60. The van der Waals surface area contributed by atoms with E-state index in [1.807, 2.05) is 0 Å². The SMILES string of the molecule is COC(=O)c1c(-c2ccc(OC)cc2S(C)(=O)=O)nn(-c2ccccc2)c1C(=O)OC. The number of benzene rings is 2. The molecule has 3 aromatic rings. The number of methoxy groups -OCH3 is 3. The summed E-state index contributed by atoms with van der Waals surface area (Å²) >= 11 is 0. The fourth-order valence-electron chi connectivity index (χ4n) is 3.08. The summed E-state index contributed by atoms with van der Waals surface area (Å²) in [6, 6.07) is 12.9. The number of carbonyl (C=O) groups excluding carboxylic acids is 2. The van der Waals surface area contributed by atoms with E-state index in [-0.39, 0.29) is 27.4 Å². The Kier molecular flexibility index (Phi) is 6.11. The molecule has 162 valence electrons. The number of esters is 2. The van der Waals surface area contributed by atoms with Crippen LogP contribution < -0.4 is 4.74 Å². The lowest BCUT2D eigenvalue weighted by molar-refractivity contribution is 0.0549. The fraction of sp³-hybridized carbons (Fsp3) is 0.190. The van der Waals surface area contributed by atoms with Crippen LogP contribution in [0.3, 0.4) is 0 Å². The van der Waals surface area contributed by atoms with Crippen molar-refractivity contribution in [3.05, 3.63) is 59.8 Å². The maximum atomic E-state index is 12.7. The van der Waals surface area contributed by atoms with E-state index in [4.69, 9.17) is 14.2 Å². The van der Waals surface area contributed by atoms with Gasteiger partial charge in [0, 0.05) is 11.8 Å². The Morgan fingerprint density at radius 2 is 1.58 bits per heavy atom. The van der Waals surface area contributed by atoms with Gasteiger partial charge in [0.25, 0.3) is 0 Å². The predicted molar refractivity (Wildman–Crippen MR) is 111 cm³/mol. The van der Waals surface area contributed by atoms with Gasteiger partial charge in [0.05, 0.1) is 31.9 Å². The minimum absolute atomic E-state index is 0.0424. The van der Waals surface area contributed by atoms with Crippen LogP contribution in [0.25, 0.3) is 16.9 Å². The number of rotatable bonds is 6. The van der Waals surface area contributed by atoms with Gasteiger partial charge in [-0.3, -0.25) is 0 Å². The van der Waals surface area contributed by atoms with Gasteiger partial charge in [0.1, 0.15) is 17.0 Å². The first kappa shape index (κ1) is 22.0. The molecule has 0 saturated heterocycles. The summed E-state index contributed by atoms with van der Waals surface area (Å²) in [5.74, 6) is -1.40. The number of sulfone groups is 1. The van der Waals surface area contributed by atoms with E-state index in [9.17, 15) is 18.0 Å². The zero-order valence-corrected chi connectivity index (χ0v) is 18.1. The Balaban J connectivity index is 2.46. The van der Waals surface area contributed by atoms with Gasteiger partial charge in [-0.15, -0.1) is 0 Å². The Morgan fingerprint density at radius 1 is 0.935 bits per heavy atom. The fourth-order valence-corrected chi connectivity index (χ4v) is 3.97. The summed E-state index contributed by atoms with van der Waals surface area (Å²) in [6.07, 6.45) is 1.03. The molecule has 0 amide bonds. The zero-order chi connectivity index (χ0) is 22.8. The van der Waals surface area contributed by atoms with E-state index in [0.29, 0.717) is 11.4 Å². The quantitative estimate of drug-likeness (QED) is 0.533. The topological polar surface area (TPSA) is 114 Å². The molecule has 1 heterocycles. The van der Waals surface area contributed by atoms with Crippen LogP contribution >= 0.6 is 0 Å². The second-order valence-electron chi connectivity index (χ2n) is 6.44. The summed E-state index contributed by atoms with van der Waals surface area (Å²) < 4.78 is 41.1. The third kappa shape index (κ3) is 4.15. The number of aromatic nitrogens is 2. The lowest BCUT2D eigenvalue weighted by Gasteiger charge is -2.10. The minimum atomic E-state index is -3.75. The van der Waals surface area contributed by atoms with Gasteiger partial charge in [0.2, 0.25) is 0 Å². The molecule has 0 radical (unpaired) electrons. The standard InChI is InChI=1S/C21H20N2O7S/c1-28-14-10-11-15(16(12-14)31(4,26)27)18-17(20(24)29-2)19(21(25)30-3)23(22-18)13-8-6-5-7-9-13/h5-12H,1-4H3. The molecule has 0 bridgehead atoms. The Labute approximate surface area is 179 Å². The van der Waals surface area contributed by atoms with Crippen LogP contribution in [0, 0.1) is 0 Å². The average molecular weight is 444 g/mol. The molecule has 10 heteroatoms. The second-order valence-corrected chi connectivity index (χ2v) is 8.42. The monoisotopic (exact) mass is 444 g/mol. The highest BCUT2D eigenvalue weighted by Gasteiger charge is 2.33. The number of nitrogens with zero attached hydrogens (tertiary/aromatic N) is 2.